The molecule has 0 aromatic rings. The van der Waals surface area contributed by atoms with E-state index in [0.717, 1.165) is 5.57 Å². The summed E-state index contributed by atoms with van der Waals surface area (Å²) in [6.07, 6.45) is 4.05. The van der Waals surface area contributed by atoms with Crippen LogP contribution in [0, 0.1) is 38.9 Å². The molecule has 0 radical (unpaired) electrons. The van der Waals surface area contributed by atoms with Crippen LogP contribution in [0.25, 0.3) is 0 Å². The zero-order chi connectivity index (χ0) is 24.1. The number of Topliss-reactive ketones (excluding diaryl/α,β-unsaturated/α-hetero) is 1. The lowest BCUT2D eigenvalue weighted by atomic mass is 9.33. The van der Waals surface area contributed by atoms with E-state index in [1.165, 1.54) is 7.11 Å². The largest absolute Gasteiger partial charge is 0.511 e. The van der Waals surface area contributed by atoms with E-state index in [1.807, 2.05) is 13.8 Å². The summed E-state index contributed by atoms with van der Waals surface area (Å²) in [7, 11) is 1.30. The first-order valence-corrected chi connectivity index (χ1v) is 11.8. The fourth-order valence-electron chi connectivity index (χ4n) is 8.83. The third-order valence-corrected chi connectivity index (χ3v) is 10.7. The van der Waals surface area contributed by atoms with Crippen molar-refractivity contribution in [2.24, 2.45) is 38.9 Å². The maximum absolute atomic E-state index is 14.0. The summed E-state index contributed by atoms with van der Waals surface area (Å²) in [6.45, 7) is 11.3. The highest BCUT2D eigenvalue weighted by Crippen LogP contribution is 2.77. The van der Waals surface area contributed by atoms with Crippen molar-refractivity contribution in [3.05, 3.63) is 23.0 Å². The number of aliphatic hydroxyl groups excluding tert-OH is 3. The Morgan fingerprint density at radius 2 is 1.78 bits per heavy atom. The molecule has 6 nitrogen and oxygen atoms in total. The SMILES string of the molecule is COC(=O)[C@]12C(=O)C(C)=C(O)[C@]1(C)C(C)=C[C@H]1[C@@]3(CO)CC[C@@H](O)C(C)(C)[C@@H]3CC[C@@]12C. The minimum Gasteiger partial charge on any atom is -0.511 e. The lowest BCUT2D eigenvalue weighted by molar-refractivity contribution is -0.226. The second-order valence-electron chi connectivity index (χ2n) is 11.8. The Bertz CT molecular complexity index is 946. The Kier molecular flexibility index (Phi) is 4.91. The van der Waals surface area contributed by atoms with Crippen molar-refractivity contribution in [2.75, 3.05) is 13.7 Å². The molecule has 0 aromatic heterocycles. The molecular formula is C26H38O6. The molecule has 2 saturated carbocycles. The highest BCUT2D eigenvalue weighted by Gasteiger charge is 2.80. The van der Waals surface area contributed by atoms with Gasteiger partial charge < -0.3 is 20.1 Å². The average molecular weight is 447 g/mol. The molecule has 7 atom stereocenters. The van der Waals surface area contributed by atoms with Gasteiger partial charge in [-0.3, -0.25) is 9.59 Å². The number of ether oxygens (including phenoxy) is 1. The molecule has 0 saturated heterocycles. The van der Waals surface area contributed by atoms with Gasteiger partial charge in [-0.15, -0.1) is 0 Å². The Morgan fingerprint density at radius 3 is 2.34 bits per heavy atom. The van der Waals surface area contributed by atoms with Crippen LogP contribution in [0.15, 0.2) is 23.0 Å². The average Bonchev–Trinajstić information content (AvgIpc) is 2.91. The topological polar surface area (TPSA) is 104 Å². The number of allylic oxidation sites excluding steroid dienone is 3. The monoisotopic (exact) mass is 446 g/mol. The number of fused-ring (bicyclic) bond motifs is 5. The lowest BCUT2D eigenvalue weighted by Crippen LogP contribution is -2.70. The maximum atomic E-state index is 14.0. The van der Waals surface area contributed by atoms with Crippen LogP contribution in [0.4, 0.5) is 0 Å². The van der Waals surface area contributed by atoms with Crippen LogP contribution >= 0.6 is 0 Å². The minimum atomic E-state index is -1.60. The molecule has 32 heavy (non-hydrogen) atoms. The molecular weight excluding hydrogens is 408 g/mol. The molecule has 178 valence electrons. The summed E-state index contributed by atoms with van der Waals surface area (Å²) in [5.74, 6) is -1.29. The number of carbonyl (C=O) groups is 2. The van der Waals surface area contributed by atoms with E-state index in [2.05, 4.69) is 19.9 Å². The predicted molar refractivity (Wildman–Crippen MR) is 120 cm³/mol. The van der Waals surface area contributed by atoms with Crippen LogP contribution in [0.2, 0.25) is 0 Å². The summed E-state index contributed by atoms with van der Waals surface area (Å²) < 4.78 is 5.32. The maximum Gasteiger partial charge on any atom is 0.321 e. The summed E-state index contributed by atoms with van der Waals surface area (Å²) in [4.78, 5) is 27.7. The molecule has 0 aliphatic heterocycles. The molecule has 6 heteroatoms. The van der Waals surface area contributed by atoms with Crippen molar-refractivity contribution in [1.82, 2.24) is 0 Å². The zero-order valence-corrected chi connectivity index (χ0v) is 20.4. The molecule has 0 unspecified atom stereocenters. The molecule has 4 rings (SSSR count). The number of aliphatic hydroxyl groups is 3. The van der Waals surface area contributed by atoms with E-state index in [4.69, 9.17) is 4.74 Å². The normalized spacial score (nSPS) is 47.3. The number of hydrogen-bond acceptors (Lipinski definition) is 6. The van der Waals surface area contributed by atoms with Crippen molar-refractivity contribution in [2.45, 2.75) is 73.3 Å². The van der Waals surface area contributed by atoms with Gasteiger partial charge in [-0.2, -0.15) is 0 Å². The Hall–Kier alpha value is -1.66. The molecule has 4 aliphatic rings. The van der Waals surface area contributed by atoms with Crippen molar-refractivity contribution in [1.29, 1.82) is 0 Å². The lowest BCUT2D eigenvalue weighted by Gasteiger charge is -2.69. The van der Waals surface area contributed by atoms with E-state index in [-0.39, 0.29) is 35.6 Å². The number of hydrogen-bond donors (Lipinski definition) is 3. The van der Waals surface area contributed by atoms with Crippen LogP contribution < -0.4 is 0 Å². The number of ketones is 1. The summed E-state index contributed by atoms with van der Waals surface area (Å²) in [5, 5.41) is 32.9. The van der Waals surface area contributed by atoms with E-state index in [9.17, 15) is 24.9 Å². The first-order chi connectivity index (χ1) is 14.7. The Labute approximate surface area is 190 Å². The van der Waals surface area contributed by atoms with Gasteiger partial charge in [0.2, 0.25) is 0 Å². The highest BCUT2D eigenvalue weighted by atomic mass is 16.5. The zero-order valence-electron chi connectivity index (χ0n) is 20.4. The van der Waals surface area contributed by atoms with Crippen LogP contribution in [-0.2, 0) is 14.3 Å². The third-order valence-electron chi connectivity index (χ3n) is 10.7. The highest BCUT2D eigenvalue weighted by molar-refractivity contribution is 6.17. The smallest absolute Gasteiger partial charge is 0.321 e. The fraction of sp³-hybridized carbons (Fsp3) is 0.769. The number of rotatable bonds is 2. The number of carbonyl (C=O) groups excluding carboxylic acids is 2. The summed E-state index contributed by atoms with van der Waals surface area (Å²) in [6, 6.07) is 0. The first kappa shape index (κ1) is 23.5. The van der Waals surface area contributed by atoms with Gasteiger partial charge >= 0.3 is 5.97 Å². The fourth-order valence-corrected chi connectivity index (χ4v) is 8.83. The van der Waals surface area contributed by atoms with Crippen LogP contribution in [0.1, 0.15) is 67.2 Å². The molecule has 0 bridgehead atoms. The van der Waals surface area contributed by atoms with Crippen molar-refractivity contribution >= 4 is 11.8 Å². The van der Waals surface area contributed by atoms with Gasteiger partial charge in [0.25, 0.3) is 0 Å². The van der Waals surface area contributed by atoms with Gasteiger partial charge in [-0.05, 0) is 69.1 Å². The molecule has 4 aliphatic carbocycles. The summed E-state index contributed by atoms with van der Waals surface area (Å²) in [5.41, 5.74) is -3.67. The Balaban J connectivity index is 2.05. The second kappa shape index (κ2) is 6.69. The Morgan fingerprint density at radius 1 is 1.16 bits per heavy atom. The van der Waals surface area contributed by atoms with Crippen molar-refractivity contribution < 1.29 is 29.6 Å². The number of methoxy groups -OCH3 is 1. The van der Waals surface area contributed by atoms with E-state index in [0.29, 0.717) is 25.7 Å². The van der Waals surface area contributed by atoms with E-state index >= 15 is 0 Å². The first-order valence-electron chi connectivity index (χ1n) is 11.8. The van der Waals surface area contributed by atoms with Gasteiger partial charge in [0.05, 0.1) is 18.6 Å². The van der Waals surface area contributed by atoms with Crippen molar-refractivity contribution in [3.8, 4) is 0 Å². The summed E-state index contributed by atoms with van der Waals surface area (Å²) >= 11 is 0. The number of esters is 1. The molecule has 0 aromatic carbocycles. The molecule has 0 amide bonds. The van der Waals surface area contributed by atoms with Gasteiger partial charge in [-0.25, -0.2) is 0 Å². The van der Waals surface area contributed by atoms with Crippen LogP contribution in [0.5, 0.6) is 0 Å². The molecule has 2 fully saturated rings. The van der Waals surface area contributed by atoms with Gasteiger partial charge in [-0.1, -0.05) is 32.4 Å². The van der Waals surface area contributed by atoms with Gasteiger partial charge in [0, 0.05) is 17.6 Å². The van der Waals surface area contributed by atoms with Crippen LogP contribution in [0.3, 0.4) is 0 Å². The molecule has 3 N–H and O–H groups in total. The van der Waals surface area contributed by atoms with Crippen molar-refractivity contribution in [3.63, 3.8) is 0 Å². The quantitative estimate of drug-likeness (QED) is 0.339. The van der Waals surface area contributed by atoms with E-state index < -0.39 is 39.1 Å². The standard InChI is InChI=1S/C26H38O6/c1-14-12-17-23(5,10-8-16-22(3,4)18(28)9-11-25(16,17)13-27)26(21(31)32-7)20(30)15(2)19(29)24(14,26)6/h12,16-18,27-29H,8-11,13H2,1-7H3/t16-,17+,18+,23-,24-,25+,26-/m0/s1. The predicted octanol–water partition coefficient (Wildman–Crippen LogP) is 3.72. The molecule has 0 heterocycles. The molecule has 0 spiro atoms. The van der Waals surface area contributed by atoms with Crippen LogP contribution in [-0.4, -0.2) is 46.9 Å². The minimum absolute atomic E-state index is 0.0316. The second-order valence-corrected chi connectivity index (χ2v) is 11.8. The van der Waals surface area contributed by atoms with Gasteiger partial charge in [0.15, 0.2) is 11.2 Å². The van der Waals surface area contributed by atoms with Gasteiger partial charge in [0.1, 0.15) is 5.76 Å². The third kappa shape index (κ3) is 2.15. The van der Waals surface area contributed by atoms with E-state index in [1.54, 1.807) is 13.8 Å².